The molecule has 0 bridgehead atoms. The molecule has 1 saturated heterocycles. The van der Waals surface area contributed by atoms with E-state index in [2.05, 4.69) is 24.1 Å². The van der Waals surface area contributed by atoms with Crippen molar-refractivity contribution >= 4 is 18.5 Å². The molecule has 2 heterocycles. The molecule has 1 N–H and O–H groups in total. The average molecular weight is 304 g/mol. The average Bonchev–Trinajstić information content (AvgIpc) is 2.65. The molecule has 0 spiro atoms. The number of nitrogens with one attached hydrogen (secondary N) is 1. The Morgan fingerprint density at radius 1 is 1.23 bits per heavy atom. The highest BCUT2D eigenvalue weighted by Crippen LogP contribution is 2.36. The summed E-state index contributed by atoms with van der Waals surface area (Å²) in [4.78, 5) is 16.2. The summed E-state index contributed by atoms with van der Waals surface area (Å²) in [6.45, 7) is 12.8. The summed E-state index contributed by atoms with van der Waals surface area (Å²) < 4.78 is 11.9. The molecule has 1 fully saturated rings. The van der Waals surface area contributed by atoms with Gasteiger partial charge < -0.3 is 14.6 Å². The molecule has 0 aromatic carbocycles. The number of nitrogens with zero attached hydrogens (tertiary/aromatic N) is 1. The molecule has 0 atom stereocenters. The lowest BCUT2D eigenvalue weighted by atomic mass is 9.80. The fourth-order valence-electron chi connectivity index (χ4n) is 2.05. The highest BCUT2D eigenvalue weighted by molar-refractivity contribution is 6.62. The fraction of sp³-hybridized carbons (Fsp3) is 0.625. The number of amides is 1. The Balaban J connectivity index is 2.06. The highest BCUT2D eigenvalue weighted by atomic mass is 16.7. The second kappa shape index (κ2) is 6.01. The van der Waals surface area contributed by atoms with Crippen LogP contribution in [-0.2, 0) is 9.31 Å². The van der Waals surface area contributed by atoms with Crippen LogP contribution in [0.2, 0.25) is 0 Å². The molecule has 2 rings (SSSR count). The van der Waals surface area contributed by atoms with Crippen LogP contribution in [0, 0.1) is 5.92 Å². The molecule has 1 amide bonds. The lowest BCUT2D eigenvalue weighted by molar-refractivity contribution is 0.00578. The highest BCUT2D eigenvalue weighted by Gasteiger charge is 2.51. The Bertz CT molecular complexity index is 525. The van der Waals surface area contributed by atoms with Crippen LogP contribution in [0.5, 0.6) is 0 Å². The third-order valence-electron chi connectivity index (χ3n) is 4.22. The Labute approximate surface area is 132 Å². The van der Waals surface area contributed by atoms with E-state index in [0.717, 1.165) is 5.46 Å². The van der Waals surface area contributed by atoms with Crippen molar-refractivity contribution in [3.63, 3.8) is 0 Å². The molecule has 22 heavy (non-hydrogen) atoms. The molecule has 0 unspecified atom stereocenters. The van der Waals surface area contributed by atoms with Crippen LogP contribution >= 0.6 is 0 Å². The zero-order valence-electron chi connectivity index (χ0n) is 14.3. The number of carbonyl (C=O) groups excluding carboxylic acids is 1. The Morgan fingerprint density at radius 2 is 1.82 bits per heavy atom. The van der Waals surface area contributed by atoms with Crippen molar-refractivity contribution in [2.24, 2.45) is 5.92 Å². The van der Waals surface area contributed by atoms with Gasteiger partial charge in [-0.05, 0) is 39.7 Å². The standard InChI is InChI=1S/C16H25BN2O3/c1-11(2)9-19-14(20)13-8-7-12(10-18-13)17-21-15(3,4)16(5,6)22-17/h7-8,10-11H,9H2,1-6H3,(H,19,20). The molecule has 0 saturated carbocycles. The maximum atomic E-state index is 12.0. The molecular weight excluding hydrogens is 279 g/mol. The van der Waals surface area contributed by atoms with Gasteiger partial charge in [0.05, 0.1) is 11.2 Å². The molecule has 1 aliphatic rings. The lowest BCUT2D eigenvalue weighted by Gasteiger charge is -2.32. The quantitative estimate of drug-likeness (QED) is 0.861. The second-order valence-electron chi connectivity index (χ2n) is 7.17. The number of carbonyl (C=O) groups is 1. The van der Waals surface area contributed by atoms with Gasteiger partial charge in [-0.25, -0.2) is 0 Å². The third kappa shape index (κ3) is 3.50. The SMILES string of the molecule is CC(C)CNC(=O)c1ccc(B2OC(C)(C)C(C)(C)O2)cn1. The van der Waals surface area contributed by atoms with Gasteiger partial charge in [-0.15, -0.1) is 0 Å². The van der Waals surface area contributed by atoms with Crippen molar-refractivity contribution in [3.8, 4) is 0 Å². The largest absolute Gasteiger partial charge is 0.496 e. The van der Waals surface area contributed by atoms with Gasteiger partial charge in [0.15, 0.2) is 0 Å². The fourth-order valence-corrected chi connectivity index (χ4v) is 2.05. The zero-order chi connectivity index (χ0) is 16.5. The van der Waals surface area contributed by atoms with Crippen LogP contribution in [0.15, 0.2) is 18.3 Å². The molecule has 0 radical (unpaired) electrons. The first kappa shape index (κ1) is 17.0. The van der Waals surface area contributed by atoms with Gasteiger partial charge in [-0.3, -0.25) is 9.78 Å². The smallest absolute Gasteiger partial charge is 0.399 e. The first-order chi connectivity index (χ1) is 10.1. The van der Waals surface area contributed by atoms with Crippen LogP contribution < -0.4 is 10.8 Å². The number of rotatable bonds is 4. The van der Waals surface area contributed by atoms with Crippen LogP contribution in [0.25, 0.3) is 0 Å². The minimum absolute atomic E-state index is 0.158. The third-order valence-corrected chi connectivity index (χ3v) is 4.22. The van der Waals surface area contributed by atoms with E-state index in [0.29, 0.717) is 18.2 Å². The summed E-state index contributed by atoms with van der Waals surface area (Å²) in [5, 5.41) is 2.85. The number of pyridine rings is 1. The number of hydrogen-bond donors (Lipinski definition) is 1. The van der Waals surface area contributed by atoms with E-state index < -0.39 is 7.12 Å². The van der Waals surface area contributed by atoms with Crippen LogP contribution in [0.3, 0.4) is 0 Å². The summed E-state index contributed by atoms with van der Waals surface area (Å²) >= 11 is 0. The molecule has 6 heteroatoms. The minimum atomic E-state index is -0.453. The topological polar surface area (TPSA) is 60.5 Å². The van der Waals surface area contributed by atoms with Crippen LogP contribution in [0.1, 0.15) is 52.0 Å². The van der Waals surface area contributed by atoms with E-state index in [4.69, 9.17) is 9.31 Å². The molecule has 0 aliphatic carbocycles. The van der Waals surface area contributed by atoms with Crippen molar-refractivity contribution in [2.45, 2.75) is 52.7 Å². The monoisotopic (exact) mass is 304 g/mol. The minimum Gasteiger partial charge on any atom is -0.399 e. The first-order valence-corrected chi connectivity index (χ1v) is 7.72. The van der Waals surface area contributed by atoms with Gasteiger partial charge in [0, 0.05) is 18.2 Å². The zero-order valence-corrected chi connectivity index (χ0v) is 14.3. The normalized spacial score (nSPS) is 19.5. The molecule has 120 valence electrons. The van der Waals surface area contributed by atoms with E-state index in [1.165, 1.54) is 0 Å². The maximum Gasteiger partial charge on any atom is 0.496 e. The van der Waals surface area contributed by atoms with E-state index >= 15 is 0 Å². The molecule has 1 aromatic heterocycles. The number of aromatic nitrogens is 1. The maximum absolute atomic E-state index is 12.0. The molecular formula is C16H25BN2O3. The summed E-state index contributed by atoms with van der Waals surface area (Å²) in [6, 6.07) is 3.54. The Kier molecular flexibility index (Phi) is 4.63. The summed E-state index contributed by atoms with van der Waals surface area (Å²) in [5.41, 5.74) is 0.454. The van der Waals surface area contributed by atoms with Crippen LogP contribution in [0.4, 0.5) is 0 Å². The lowest BCUT2D eigenvalue weighted by Crippen LogP contribution is -2.41. The Morgan fingerprint density at radius 3 is 2.27 bits per heavy atom. The predicted molar refractivity (Wildman–Crippen MR) is 87.1 cm³/mol. The van der Waals surface area contributed by atoms with Crippen molar-refractivity contribution in [2.75, 3.05) is 6.54 Å². The van der Waals surface area contributed by atoms with Crippen molar-refractivity contribution in [1.29, 1.82) is 0 Å². The Hall–Kier alpha value is -1.40. The first-order valence-electron chi connectivity index (χ1n) is 7.72. The van der Waals surface area contributed by atoms with E-state index in [-0.39, 0.29) is 17.1 Å². The van der Waals surface area contributed by atoms with Gasteiger partial charge in [0.1, 0.15) is 5.69 Å². The van der Waals surface area contributed by atoms with Gasteiger partial charge >= 0.3 is 7.12 Å². The van der Waals surface area contributed by atoms with Gasteiger partial charge in [-0.2, -0.15) is 0 Å². The summed E-state index contributed by atoms with van der Waals surface area (Å²) in [5.74, 6) is 0.252. The molecule has 5 nitrogen and oxygen atoms in total. The summed E-state index contributed by atoms with van der Waals surface area (Å²) in [7, 11) is -0.453. The van der Waals surface area contributed by atoms with Gasteiger partial charge in [0.2, 0.25) is 0 Å². The van der Waals surface area contributed by atoms with Gasteiger partial charge in [0.25, 0.3) is 5.91 Å². The van der Waals surface area contributed by atoms with Gasteiger partial charge in [-0.1, -0.05) is 19.9 Å². The predicted octanol–water partition coefficient (Wildman–Crippen LogP) is 1.77. The number of hydrogen-bond acceptors (Lipinski definition) is 4. The second-order valence-corrected chi connectivity index (χ2v) is 7.17. The van der Waals surface area contributed by atoms with Crippen molar-refractivity contribution in [1.82, 2.24) is 10.3 Å². The van der Waals surface area contributed by atoms with E-state index in [9.17, 15) is 4.79 Å². The van der Waals surface area contributed by atoms with E-state index in [1.54, 1.807) is 12.3 Å². The summed E-state index contributed by atoms with van der Waals surface area (Å²) in [6.07, 6.45) is 1.65. The molecule has 1 aliphatic heterocycles. The van der Waals surface area contributed by atoms with E-state index in [1.807, 2.05) is 33.8 Å². The molecule has 1 aromatic rings. The van der Waals surface area contributed by atoms with Crippen LogP contribution in [-0.4, -0.2) is 35.8 Å². The van der Waals surface area contributed by atoms with Crippen molar-refractivity contribution < 1.29 is 14.1 Å². The van der Waals surface area contributed by atoms with Crippen molar-refractivity contribution in [3.05, 3.63) is 24.0 Å².